The standard InChI is InChI=1S/C20H23N3O4S2/c1-3-27-11-10-23-17-9-8-16(29(21,25)26)13-18(17)28-20(23)22-19(24)12-15-6-4-14(2)5-7-15/h4-9,13H,3,10-12H2,1-2H3,(H2,21,25,26). The van der Waals surface area contributed by atoms with Crippen LogP contribution in [0.15, 0.2) is 52.4 Å². The first-order valence-electron chi connectivity index (χ1n) is 9.15. The maximum Gasteiger partial charge on any atom is 0.252 e. The molecule has 2 N–H and O–H groups in total. The number of fused-ring (bicyclic) bond motifs is 1. The van der Waals surface area contributed by atoms with Gasteiger partial charge in [-0.15, -0.1) is 0 Å². The topological polar surface area (TPSA) is 104 Å². The molecule has 0 saturated heterocycles. The molecule has 1 aromatic heterocycles. The lowest BCUT2D eigenvalue weighted by Crippen LogP contribution is -2.20. The lowest BCUT2D eigenvalue weighted by Gasteiger charge is -2.06. The van der Waals surface area contributed by atoms with Crippen LogP contribution in [-0.2, 0) is 32.5 Å². The van der Waals surface area contributed by atoms with Crippen molar-refractivity contribution in [2.24, 2.45) is 10.1 Å². The molecule has 0 spiro atoms. The Labute approximate surface area is 173 Å². The van der Waals surface area contributed by atoms with Crippen LogP contribution in [0.2, 0.25) is 0 Å². The molecule has 0 radical (unpaired) electrons. The summed E-state index contributed by atoms with van der Waals surface area (Å²) < 4.78 is 31.3. The highest BCUT2D eigenvalue weighted by Gasteiger charge is 2.13. The van der Waals surface area contributed by atoms with Crippen molar-refractivity contribution >= 4 is 37.5 Å². The van der Waals surface area contributed by atoms with Gasteiger partial charge in [-0.3, -0.25) is 4.79 Å². The maximum atomic E-state index is 12.5. The third-order valence-electron chi connectivity index (χ3n) is 4.34. The molecule has 0 atom stereocenters. The number of sulfonamides is 1. The Kier molecular flexibility index (Phi) is 6.63. The van der Waals surface area contributed by atoms with E-state index >= 15 is 0 Å². The van der Waals surface area contributed by atoms with E-state index in [-0.39, 0.29) is 17.2 Å². The fourth-order valence-corrected chi connectivity index (χ4v) is 4.59. The zero-order valence-electron chi connectivity index (χ0n) is 16.3. The number of thiazole rings is 1. The van der Waals surface area contributed by atoms with Gasteiger partial charge < -0.3 is 9.30 Å². The second kappa shape index (κ2) is 9.00. The molecule has 0 saturated carbocycles. The van der Waals surface area contributed by atoms with Crippen LogP contribution in [0.25, 0.3) is 10.2 Å². The Morgan fingerprint density at radius 1 is 1.21 bits per heavy atom. The first-order valence-corrected chi connectivity index (χ1v) is 11.5. The molecule has 7 nitrogen and oxygen atoms in total. The molecule has 1 amide bonds. The van der Waals surface area contributed by atoms with Gasteiger partial charge in [-0.1, -0.05) is 41.2 Å². The molecule has 29 heavy (non-hydrogen) atoms. The average molecular weight is 434 g/mol. The second-order valence-electron chi connectivity index (χ2n) is 6.58. The first kappa shape index (κ1) is 21.4. The molecule has 3 rings (SSSR count). The van der Waals surface area contributed by atoms with Crippen molar-refractivity contribution < 1.29 is 17.9 Å². The third kappa shape index (κ3) is 5.39. The number of carbonyl (C=O) groups is 1. The van der Waals surface area contributed by atoms with Crippen molar-refractivity contribution in [1.82, 2.24) is 4.57 Å². The Hall–Kier alpha value is -2.33. The molecule has 154 valence electrons. The number of nitrogens with two attached hydrogens (primary N) is 1. The maximum absolute atomic E-state index is 12.5. The van der Waals surface area contributed by atoms with Crippen molar-refractivity contribution in [3.8, 4) is 0 Å². The van der Waals surface area contributed by atoms with Gasteiger partial charge in [-0.25, -0.2) is 13.6 Å². The fourth-order valence-electron chi connectivity index (χ4n) is 2.86. The second-order valence-corrected chi connectivity index (χ2v) is 9.15. The SMILES string of the molecule is CCOCCn1c(=NC(=O)Cc2ccc(C)cc2)sc2cc(S(N)(=O)=O)ccc21. The molecule has 0 aliphatic rings. The van der Waals surface area contributed by atoms with Crippen LogP contribution in [0.4, 0.5) is 0 Å². The summed E-state index contributed by atoms with van der Waals surface area (Å²) in [5.74, 6) is -0.266. The number of hydrogen-bond donors (Lipinski definition) is 1. The predicted molar refractivity (Wildman–Crippen MR) is 113 cm³/mol. The van der Waals surface area contributed by atoms with Crippen LogP contribution in [0.5, 0.6) is 0 Å². The van der Waals surface area contributed by atoms with Gasteiger partial charge in [0, 0.05) is 13.2 Å². The Bertz CT molecular complexity index is 1190. The van der Waals surface area contributed by atoms with Gasteiger partial charge in [0.25, 0.3) is 5.91 Å². The molecule has 9 heteroatoms. The minimum absolute atomic E-state index is 0.0285. The zero-order chi connectivity index (χ0) is 21.0. The number of aromatic nitrogens is 1. The van der Waals surface area contributed by atoms with E-state index in [9.17, 15) is 13.2 Å². The van der Waals surface area contributed by atoms with Crippen LogP contribution in [0.1, 0.15) is 18.1 Å². The molecule has 2 aromatic carbocycles. The van der Waals surface area contributed by atoms with E-state index in [4.69, 9.17) is 9.88 Å². The van der Waals surface area contributed by atoms with Crippen LogP contribution in [0, 0.1) is 6.92 Å². The molecule has 1 heterocycles. The number of amides is 1. The summed E-state index contributed by atoms with van der Waals surface area (Å²) in [6, 6.07) is 12.4. The van der Waals surface area contributed by atoms with Crippen molar-refractivity contribution in [3.63, 3.8) is 0 Å². The van der Waals surface area contributed by atoms with Crippen molar-refractivity contribution in [2.45, 2.75) is 31.7 Å². The quantitative estimate of drug-likeness (QED) is 0.578. The van der Waals surface area contributed by atoms with Crippen molar-refractivity contribution in [2.75, 3.05) is 13.2 Å². The van der Waals surface area contributed by atoms with E-state index in [2.05, 4.69) is 4.99 Å². The number of ether oxygens (including phenoxy) is 1. The van der Waals surface area contributed by atoms with Crippen LogP contribution < -0.4 is 9.94 Å². The highest BCUT2D eigenvalue weighted by Crippen LogP contribution is 2.21. The smallest absolute Gasteiger partial charge is 0.252 e. The number of hydrogen-bond acceptors (Lipinski definition) is 5. The molecule has 0 bridgehead atoms. The van der Waals surface area contributed by atoms with Crippen molar-refractivity contribution in [1.29, 1.82) is 0 Å². The summed E-state index contributed by atoms with van der Waals surface area (Å²) >= 11 is 1.25. The van der Waals surface area contributed by atoms with Gasteiger partial charge in [0.05, 0.1) is 28.1 Å². The fraction of sp³-hybridized carbons (Fsp3) is 0.300. The highest BCUT2D eigenvalue weighted by molar-refractivity contribution is 7.89. The average Bonchev–Trinajstić information content (AvgIpc) is 2.99. The number of carbonyl (C=O) groups excluding carboxylic acids is 1. The van der Waals surface area contributed by atoms with Crippen LogP contribution in [0.3, 0.4) is 0 Å². The number of primary sulfonamides is 1. The monoisotopic (exact) mass is 433 g/mol. The van der Waals surface area contributed by atoms with Gasteiger partial charge in [0.15, 0.2) is 4.80 Å². The number of rotatable bonds is 7. The minimum atomic E-state index is -3.81. The summed E-state index contributed by atoms with van der Waals surface area (Å²) in [7, 11) is -3.81. The normalized spacial score (nSPS) is 12.6. The van der Waals surface area contributed by atoms with E-state index in [0.29, 0.717) is 29.3 Å². The molecule has 3 aromatic rings. The minimum Gasteiger partial charge on any atom is -0.380 e. The number of aryl methyl sites for hydroxylation is 1. The Balaban J connectivity index is 2.01. The van der Waals surface area contributed by atoms with Gasteiger partial charge in [-0.2, -0.15) is 4.99 Å². The van der Waals surface area contributed by atoms with Crippen molar-refractivity contribution in [3.05, 3.63) is 58.4 Å². The van der Waals surface area contributed by atoms with Crippen LogP contribution in [-0.4, -0.2) is 32.1 Å². The van der Waals surface area contributed by atoms with E-state index in [0.717, 1.165) is 16.6 Å². The van der Waals surface area contributed by atoms with Gasteiger partial charge in [0.1, 0.15) is 0 Å². The molecule has 0 fully saturated rings. The summed E-state index contributed by atoms with van der Waals surface area (Å²) in [5, 5.41) is 5.24. The third-order valence-corrected chi connectivity index (χ3v) is 6.29. The summed E-state index contributed by atoms with van der Waals surface area (Å²) in [6.07, 6.45) is 0.197. The van der Waals surface area contributed by atoms with Gasteiger partial charge in [0.2, 0.25) is 10.0 Å². The largest absolute Gasteiger partial charge is 0.380 e. The molecular formula is C20H23N3O4S2. The predicted octanol–water partition coefficient (Wildman–Crippen LogP) is 2.37. The summed E-state index contributed by atoms with van der Waals surface area (Å²) in [6.45, 7) is 5.43. The van der Waals surface area contributed by atoms with E-state index in [1.165, 1.54) is 23.5 Å². The molecule has 0 aliphatic carbocycles. The lowest BCUT2D eigenvalue weighted by molar-refractivity contribution is -0.117. The Morgan fingerprint density at radius 2 is 1.93 bits per heavy atom. The molecule has 0 unspecified atom stereocenters. The molecular weight excluding hydrogens is 410 g/mol. The highest BCUT2D eigenvalue weighted by atomic mass is 32.2. The van der Waals surface area contributed by atoms with E-state index < -0.39 is 10.0 Å². The number of nitrogens with zero attached hydrogens (tertiary/aromatic N) is 2. The summed E-state index contributed by atoms with van der Waals surface area (Å²) in [4.78, 5) is 17.4. The van der Waals surface area contributed by atoms with Gasteiger partial charge in [-0.05, 0) is 37.6 Å². The van der Waals surface area contributed by atoms with E-state index in [1.807, 2.05) is 42.7 Å². The lowest BCUT2D eigenvalue weighted by atomic mass is 10.1. The first-order chi connectivity index (χ1) is 13.8. The number of benzene rings is 2. The van der Waals surface area contributed by atoms with E-state index in [1.54, 1.807) is 6.07 Å². The molecule has 0 aliphatic heterocycles. The van der Waals surface area contributed by atoms with Gasteiger partial charge >= 0.3 is 0 Å². The van der Waals surface area contributed by atoms with Crippen LogP contribution >= 0.6 is 11.3 Å². The summed E-state index contributed by atoms with van der Waals surface area (Å²) in [5.41, 5.74) is 2.80. The zero-order valence-corrected chi connectivity index (χ0v) is 17.9. The Morgan fingerprint density at radius 3 is 2.59 bits per heavy atom.